The summed E-state index contributed by atoms with van der Waals surface area (Å²) in [7, 11) is 0. The molecule has 0 bridgehead atoms. The Bertz CT molecular complexity index is 1080. The van der Waals surface area contributed by atoms with Crippen LogP contribution in [0.15, 0.2) is 53.3 Å². The minimum absolute atomic E-state index is 0.172. The Morgan fingerprint density at radius 2 is 1.86 bits per heavy atom. The van der Waals surface area contributed by atoms with Gasteiger partial charge in [0.05, 0.1) is 11.8 Å². The lowest BCUT2D eigenvalue weighted by Crippen LogP contribution is -2.07. The van der Waals surface area contributed by atoms with Crippen LogP contribution in [0.2, 0.25) is 0 Å². The van der Waals surface area contributed by atoms with Gasteiger partial charge in [0, 0.05) is 5.56 Å². The molecular weight excluding hydrogens is 278 g/mol. The van der Waals surface area contributed by atoms with Gasteiger partial charge < -0.3 is 10.1 Å². The molecule has 2 heterocycles. The summed E-state index contributed by atoms with van der Waals surface area (Å²) >= 11 is 0. The fourth-order valence-electron chi connectivity index (χ4n) is 2.83. The van der Waals surface area contributed by atoms with E-state index in [-0.39, 0.29) is 11.4 Å². The number of hydrogen-bond donors (Lipinski definition) is 2. The highest BCUT2D eigenvalue weighted by molar-refractivity contribution is 5.90. The Morgan fingerprint density at radius 1 is 1.09 bits per heavy atom. The fourth-order valence-corrected chi connectivity index (χ4v) is 2.83. The Balaban J connectivity index is 2.07. The molecule has 4 rings (SSSR count). The number of nitrogens with zero attached hydrogens (tertiary/aromatic N) is 2. The molecule has 0 radical (unpaired) electrons. The van der Waals surface area contributed by atoms with Crippen LogP contribution in [0.5, 0.6) is 5.88 Å². The number of nitrogens with one attached hydrogen (secondary N) is 1. The van der Waals surface area contributed by atoms with E-state index >= 15 is 0 Å². The molecule has 5 nitrogen and oxygen atoms in total. The molecule has 0 spiro atoms. The molecule has 0 aliphatic rings. The number of aromatic amines is 1. The van der Waals surface area contributed by atoms with E-state index in [0.29, 0.717) is 5.65 Å². The number of hydrogen-bond acceptors (Lipinski definition) is 3. The van der Waals surface area contributed by atoms with Gasteiger partial charge in [-0.25, -0.2) is 0 Å². The quantitative estimate of drug-likeness (QED) is 0.566. The molecule has 0 saturated carbocycles. The monoisotopic (exact) mass is 291 g/mol. The van der Waals surface area contributed by atoms with Crippen LogP contribution in [0.25, 0.3) is 27.5 Å². The van der Waals surface area contributed by atoms with Crippen LogP contribution in [-0.2, 0) is 0 Å². The molecule has 2 aromatic carbocycles. The highest BCUT2D eigenvalue weighted by atomic mass is 16.3. The SMILES string of the molecule is Cc1nn2c(O)cc(=O)[nH]c2c1-c1ccc2ccccc2c1. The molecule has 2 aromatic heterocycles. The summed E-state index contributed by atoms with van der Waals surface area (Å²) in [5.74, 6) is -0.172. The molecule has 0 aliphatic heterocycles. The Morgan fingerprint density at radius 3 is 2.68 bits per heavy atom. The highest BCUT2D eigenvalue weighted by Gasteiger charge is 2.15. The summed E-state index contributed by atoms with van der Waals surface area (Å²) in [6.07, 6.45) is 0. The Hall–Kier alpha value is -3.08. The van der Waals surface area contributed by atoms with Crippen molar-refractivity contribution in [1.82, 2.24) is 14.6 Å². The van der Waals surface area contributed by atoms with Gasteiger partial charge in [-0.2, -0.15) is 9.61 Å². The van der Waals surface area contributed by atoms with E-state index in [4.69, 9.17) is 0 Å². The van der Waals surface area contributed by atoms with E-state index in [1.807, 2.05) is 37.3 Å². The predicted molar refractivity (Wildman–Crippen MR) is 85.2 cm³/mol. The number of H-pyrrole nitrogens is 1. The highest BCUT2D eigenvalue weighted by Crippen LogP contribution is 2.30. The third-order valence-corrected chi connectivity index (χ3v) is 3.82. The van der Waals surface area contributed by atoms with Crippen molar-refractivity contribution in [2.45, 2.75) is 6.92 Å². The van der Waals surface area contributed by atoms with Gasteiger partial charge in [0.25, 0.3) is 5.56 Å². The van der Waals surface area contributed by atoms with Crippen molar-refractivity contribution in [3.63, 3.8) is 0 Å². The lowest BCUT2D eigenvalue weighted by atomic mass is 10.0. The van der Waals surface area contributed by atoms with Gasteiger partial charge in [0.2, 0.25) is 5.88 Å². The molecule has 0 atom stereocenters. The van der Waals surface area contributed by atoms with Crippen molar-refractivity contribution in [3.8, 4) is 17.0 Å². The van der Waals surface area contributed by atoms with E-state index in [2.05, 4.69) is 22.2 Å². The van der Waals surface area contributed by atoms with Crippen LogP contribution in [0.3, 0.4) is 0 Å². The second kappa shape index (κ2) is 4.46. The molecule has 22 heavy (non-hydrogen) atoms. The Kier molecular flexibility index (Phi) is 2.56. The van der Waals surface area contributed by atoms with E-state index in [9.17, 15) is 9.90 Å². The first-order valence-corrected chi connectivity index (χ1v) is 6.94. The molecule has 0 fully saturated rings. The van der Waals surface area contributed by atoms with Crippen molar-refractivity contribution in [2.75, 3.05) is 0 Å². The first-order chi connectivity index (χ1) is 10.6. The number of aryl methyl sites for hydroxylation is 1. The van der Waals surface area contributed by atoms with Crippen molar-refractivity contribution in [1.29, 1.82) is 0 Å². The second-order valence-electron chi connectivity index (χ2n) is 5.27. The van der Waals surface area contributed by atoms with Gasteiger partial charge in [-0.3, -0.25) is 4.79 Å². The van der Waals surface area contributed by atoms with Crippen LogP contribution < -0.4 is 5.56 Å². The largest absolute Gasteiger partial charge is 0.493 e. The van der Waals surface area contributed by atoms with Gasteiger partial charge in [-0.05, 0) is 29.3 Å². The number of fused-ring (bicyclic) bond motifs is 2. The fraction of sp³-hybridized carbons (Fsp3) is 0.0588. The number of aromatic nitrogens is 3. The van der Waals surface area contributed by atoms with Crippen LogP contribution in [0.1, 0.15) is 5.69 Å². The molecule has 4 aromatic rings. The van der Waals surface area contributed by atoms with Crippen molar-refractivity contribution >= 4 is 16.4 Å². The minimum Gasteiger partial charge on any atom is -0.493 e. The molecule has 2 N–H and O–H groups in total. The average molecular weight is 291 g/mol. The second-order valence-corrected chi connectivity index (χ2v) is 5.27. The first-order valence-electron chi connectivity index (χ1n) is 6.94. The molecule has 108 valence electrons. The number of benzene rings is 2. The van der Waals surface area contributed by atoms with Crippen LogP contribution in [0, 0.1) is 6.92 Å². The molecule has 0 aliphatic carbocycles. The topological polar surface area (TPSA) is 70.4 Å². The van der Waals surface area contributed by atoms with Crippen LogP contribution in [0.4, 0.5) is 0 Å². The van der Waals surface area contributed by atoms with Crippen LogP contribution >= 0.6 is 0 Å². The maximum absolute atomic E-state index is 11.7. The van der Waals surface area contributed by atoms with E-state index < -0.39 is 0 Å². The average Bonchev–Trinajstić information content (AvgIpc) is 2.83. The number of aromatic hydroxyl groups is 1. The van der Waals surface area contributed by atoms with Crippen molar-refractivity contribution in [2.24, 2.45) is 0 Å². The summed E-state index contributed by atoms with van der Waals surface area (Å²) in [5, 5.41) is 16.5. The molecule has 0 saturated heterocycles. The van der Waals surface area contributed by atoms with Gasteiger partial charge in [0.1, 0.15) is 5.65 Å². The van der Waals surface area contributed by atoms with Gasteiger partial charge in [0.15, 0.2) is 0 Å². The lowest BCUT2D eigenvalue weighted by Gasteiger charge is -2.04. The summed E-state index contributed by atoms with van der Waals surface area (Å²) in [6, 6.07) is 15.3. The smallest absolute Gasteiger partial charge is 0.254 e. The molecule has 0 amide bonds. The zero-order valence-corrected chi connectivity index (χ0v) is 11.9. The summed E-state index contributed by atoms with van der Waals surface area (Å²) in [4.78, 5) is 14.4. The zero-order chi connectivity index (χ0) is 15.3. The number of rotatable bonds is 1. The van der Waals surface area contributed by atoms with E-state index in [1.165, 1.54) is 4.52 Å². The van der Waals surface area contributed by atoms with Gasteiger partial charge >= 0.3 is 0 Å². The molecular formula is C17H13N3O2. The van der Waals surface area contributed by atoms with Crippen LogP contribution in [-0.4, -0.2) is 19.7 Å². The van der Waals surface area contributed by atoms with E-state index in [0.717, 1.165) is 33.7 Å². The third-order valence-electron chi connectivity index (χ3n) is 3.82. The summed E-state index contributed by atoms with van der Waals surface area (Å²) in [6.45, 7) is 1.86. The summed E-state index contributed by atoms with van der Waals surface area (Å²) in [5.41, 5.74) is 2.66. The van der Waals surface area contributed by atoms with Gasteiger partial charge in [-0.1, -0.05) is 36.4 Å². The first kappa shape index (κ1) is 12.6. The van der Waals surface area contributed by atoms with Crippen molar-refractivity contribution in [3.05, 3.63) is 64.6 Å². The lowest BCUT2D eigenvalue weighted by molar-refractivity contribution is 0.434. The minimum atomic E-state index is -0.355. The third kappa shape index (κ3) is 1.79. The van der Waals surface area contributed by atoms with Gasteiger partial charge in [-0.15, -0.1) is 0 Å². The molecule has 5 heteroatoms. The standard InChI is InChI=1S/C17H13N3O2/c1-10-16(17-18-14(21)9-15(22)20(17)19-10)13-7-6-11-4-2-3-5-12(11)8-13/h2-9,22H,1H3,(H,18,21). The van der Waals surface area contributed by atoms with E-state index in [1.54, 1.807) is 0 Å². The zero-order valence-electron chi connectivity index (χ0n) is 11.9. The Labute approximate surface area is 125 Å². The predicted octanol–water partition coefficient (Wildman–Crippen LogP) is 2.86. The normalized spacial score (nSPS) is 11.3. The maximum atomic E-state index is 11.7. The molecule has 0 unspecified atom stereocenters. The van der Waals surface area contributed by atoms with Crippen molar-refractivity contribution < 1.29 is 5.11 Å². The summed E-state index contributed by atoms with van der Waals surface area (Å²) < 4.78 is 1.35. The maximum Gasteiger partial charge on any atom is 0.254 e.